The van der Waals surface area contributed by atoms with E-state index in [-0.39, 0.29) is 10.8 Å². The van der Waals surface area contributed by atoms with E-state index in [1.54, 1.807) is 31.2 Å². The van der Waals surface area contributed by atoms with Crippen LogP contribution in [0, 0.1) is 0 Å². The first-order valence-electron chi connectivity index (χ1n) is 9.20. The highest BCUT2D eigenvalue weighted by Crippen LogP contribution is 2.39. The predicted molar refractivity (Wildman–Crippen MR) is 117 cm³/mol. The number of benzene rings is 2. The van der Waals surface area contributed by atoms with E-state index >= 15 is 0 Å². The summed E-state index contributed by atoms with van der Waals surface area (Å²) in [6.07, 6.45) is 0. The van der Waals surface area contributed by atoms with Crippen LogP contribution in [0.4, 0.5) is 0 Å². The minimum atomic E-state index is -0.516. The lowest BCUT2D eigenvalue weighted by atomic mass is 9.78. The highest BCUT2D eigenvalue weighted by molar-refractivity contribution is 9.10. The molecule has 0 aromatic heterocycles. The number of carbonyl (C=O) groups excluding carboxylic acids is 1. The fourth-order valence-corrected chi connectivity index (χ4v) is 3.05. The van der Waals surface area contributed by atoms with Crippen molar-refractivity contribution in [2.75, 3.05) is 0 Å². The summed E-state index contributed by atoms with van der Waals surface area (Å²) in [6, 6.07) is 10.7. The Morgan fingerprint density at radius 1 is 0.929 bits per heavy atom. The van der Waals surface area contributed by atoms with Gasteiger partial charge < -0.3 is 9.94 Å². The molecule has 28 heavy (non-hydrogen) atoms. The summed E-state index contributed by atoms with van der Waals surface area (Å²) in [5, 5.41) is 14.9. The molecule has 0 aliphatic heterocycles. The highest BCUT2D eigenvalue weighted by Gasteiger charge is 2.27. The van der Waals surface area contributed by atoms with Gasteiger partial charge in [-0.2, -0.15) is 0 Å². The third kappa shape index (κ3) is 5.22. The van der Waals surface area contributed by atoms with Gasteiger partial charge in [0.05, 0.1) is 11.3 Å². The molecule has 5 heteroatoms. The number of oxime groups is 1. The molecule has 0 aliphatic rings. The summed E-state index contributed by atoms with van der Waals surface area (Å²) in [4.78, 5) is 17.4. The Morgan fingerprint density at radius 2 is 1.39 bits per heavy atom. The molecule has 0 heterocycles. The number of rotatable bonds is 3. The zero-order valence-corrected chi connectivity index (χ0v) is 19.1. The van der Waals surface area contributed by atoms with Gasteiger partial charge >= 0.3 is 5.97 Å². The molecule has 2 aromatic carbocycles. The smallest absolute Gasteiger partial charge is 0.365 e. The van der Waals surface area contributed by atoms with Crippen LogP contribution in [0.2, 0.25) is 0 Å². The van der Waals surface area contributed by atoms with Crippen molar-refractivity contribution in [3.05, 3.63) is 63.1 Å². The first-order valence-corrected chi connectivity index (χ1v) is 10.00. The van der Waals surface area contributed by atoms with Gasteiger partial charge in [-0.1, -0.05) is 62.6 Å². The van der Waals surface area contributed by atoms with Gasteiger partial charge in [-0.05, 0) is 59.7 Å². The molecule has 0 saturated carbocycles. The molecule has 2 aromatic rings. The molecule has 0 amide bonds. The zero-order valence-electron chi connectivity index (χ0n) is 17.6. The molecule has 0 bridgehead atoms. The van der Waals surface area contributed by atoms with Crippen molar-refractivity contribution in [2.24, 2.45) is 5.16 Å². The van der Waals surface area contributed by atoms with Crippen molar-refractivity contribution in [3.63, 3.8) is 0 Å². The topological polar surface area (TPSA) is 58.9 Å². The summed E-state index contributed by atoms with van der Waals surface area (Å²) < 4.78 is 0.886. The van der Waals surface area contributed by atoms with Crippen LogP contribution in [0.15, 0.2) is 46.0 Å². The van der Waals surface area contributed by atoms with Gasteiger partial charge in [-0.25, -0.2) is 4.79 Å². The molecule has 0 unspecified atom stereocenters. The number of hydrogen-bond acceptors (Lipinski definition) is 4. The van der Waals surface area contributed by atoms with Crippen LogP contribution in [-0.2, 0) is 15.7 Å². The molecule has 0 aliphatic carbocycles. The number of hydrogen-bond donors (Lipinski definition) is 1. The molecular formula is C23H28BrNO3. The van der Waals surface area contributed by atoms with Gasteiger partial charge in [0.25, 0.3) is 0 Å². The summed E-state index contributed by atoms with van der Waals surface area (Å²) in [5.41, 5.74) is 3.00. The Bertz CT molecular complexity index is 866. The number of phenolic OH excluding ortho intramolecular Hbond substituents is 1. The van der Waals surface area contributed by atoms with Crippen molar-refractivity contribution < 1.29 is 14.7 Å². The molecule has 0 radical (unpaired) electrons. The quantitative estimate of drug-likeness (QED) is 0.341. The van der Waals surface area contributed by atoms with E-state index in [2.05, 4.69) is 62.6 Å². The first kappa shape index (κ1) is 22.2. The fourth-order valence-electron chi connectivity index (χ4n) is 2.79. The highest BCUT2D eigenvalue weighted by atomic mass is 79.9. The molecule has 2 rings (SSSR count). The summed E-state index contributed by atoms with van der Waals surface area (Å²) in [7, 11) is 0. The number of halogens is 1. The lowest BCUT2D eigenvalue weighted by molar-refractivity contribution is 0.0516. The molecule has 1 N–H and O–H groups in total. The van der Waals surface area contributed by atoms with E-state index in [1.165, 1.54) is 0 Å². The Kier molecular flexibility index (Phi) is 6.39. The van der Waals surface area contributed by atoms with Crippen LogP contribution >= 0.6 is 15.9 Å². The monoisotopic (exact) mass is 445 g/mol. The number of phenols is 1. The van der Waals surface area contributed by atoms with Crippen molar-refractivity contribution in [1.29, 1.82) is 0 Å². The maximum atomic E-state index is 12.2. The van der Waals surface area contributed by atoms with Crippen molar-refractivity contribution >= 4 is 27.6 Å². The fraction of sp³-hybridized carbons (Fsp3) is 0.391. The molecular weight excluding hydrogens is 418 g/mol. The van der Waals surface area contributed by atoms with E-state index in [0.717, 1.165) is 21.2 Å². The minimum Gasteiger partial charge on any atom is -0.507 e. The van der Waals surface area contributed by atoms with Gasteiger partial charge in [0.1, 0.15) is 5.75 Å². The Balaban J connectivity index is 2.41. The third-order valence-corrected chi connectivity index (χ3v) is 5.02. The SMILES string of the molecule is CC(=NOC(=O)c1ccc(Br)cc1)c1cc(C(C)(C)C)c(O)c(C(C)(C)C)c1. The van der Waals surface area contributed by atoms with Crippen LogP contribution in [0.25, 0.3) is 0 Å². The predicted octanol–water partition coefficient (Wildman–Crippen LogP) is 6.33. The Morgan fingerprint density at radius 3 is 1.82 bits per heavy atom. The molecule has 0 spiro atoms. The number of aromatic hydroxyl groups is 1. The lowest BCUT2D eigenvalue weighted by Gasteiger charge is -2.28. The molecule has 150 valence electrons. The third-order valence-electron chi connectivity index (χ3n) is 4.49. The van der Waals surface area contributed by atoms with Crippen LogP contribution in [0.5, 0.6) is 5.75 Å². The van der Waals surface area contributed by atoms with Crippen molar-refractivity contribution in [2.45, 2.75) is 59.3 Å². The van der Waals surface area contributed by atoms with Crippen LogP contribution < -0.4 is 0 Å². The standard InChI is InChI=1S/C23H28BrNO3/c1-14(25-28-21(27)15-8-10-17(24)11-9-15)16-12-18(22(2,3)4)20(26)19(13-16)23(5,6)7/h8-13,26H,1-7H3. The number of carbonyl (C=O) groups is 1. The molecule has 0 saturated heterocycles. The van der Waals surface area contributed by atoms with Crippen molar-refractivity contribution in [3.8, 4) is 5.75 Å². The summed E-state index contributed by atoms with van der Waals surface area (Å²) in [6.45, 7) is 14.1. The van der Waals surface area contributed by atoms with Gasteiger partial charge in [-0.15, -0.1) is 0 Å². The second-order valence-electron chi connectivity index (χ2n) is 8.98. The largest absolute Gasteiger partial charge is 0.507 e. The normalized spacial score (nSPS) is 12.8. The maximum absolute atomic E-state index is 12.2. The average Bonchev–Trinajstić information content (AvgIpc) is 2.58. The zero-order chi connectivity index (χ0) is 21.3. The van der Waals surface area contributed by atoms with E-state index in [0.29, 0.717) is 17.0 Å². The van der Waals surface area contributed by atoms with Gasteiger partial charge in [0, 0.05) is 15.6 Å². The number of nitrogens with zero attached hydrogens (tertiary/aromatic N) is 1. The first-order chi connectivity index (χ1) is 12.8. The second-order valence-corrected chi connectivity index (χ2v) is 9.90. The van der Waals surface area contributed by atoms with E-state index in [9.17, 15) is 9.90 Å². The average molecular weight is 446 g/mol. The van der Waals surface area contributed by atoms with Crippen LogP contribution in [-0.4, -0.2) is 16.8 Å². The van der Waals surface area contributed by atoms with Crippen LogP contribution in [0.3, 0.4) is 0 Å². The van der Waals surface area contributed by atoms with Gasteiger partial charge in [-0.3, -0.25) is 0 Å². The molecule has 0 atom stereocenters. The molecule has 0 fully saturated rings. The lowest BCUT2D eigenvalue weighted by Crippen LogP contribution is -2.18. The molecule has 4 nitrogen and oxygen atoms in total. The van der Waals surface area contributed by atoms with Gasteiger partial charge in [0.2, 0.25) is 0 Å². The Labute approximate surface area is 175 Å². The van der Waals surface area contributed by atoms with Crippen LogP contribution in [0.1, 0.15) is 75.5 Å². The second kappa shape index (κ2) is 8.08. The van der Waals surface area contributed by atoms with E-state index in [4.69, 9.17) is 4.84 Å². The summed E-state index contributed by atoms with van der Waals surface area (Å²) in [5.74, 6) is -0.207. The van der Waals surface area contributed by atoms with Crippen molar-refractivity contribution in [1.82, 2.24) is 0 Å². The Hall–Kier alpha value is -2.14. The minimum absolute atomic E-state index is 0.242. The van der Waals surface area contributed by atoms with Gasteiger partial charge in [0.15, 0.2) is 0 Å². The van der Waals surface area contributed by atoms with E-state index in [1.807, 2.05) is 12.1 Å². The maximum Gasteiger partial charge on any atom is 0.365 e. The van der Waals surface area contributed by atoms with E-state index < -0.39 is 5.97 Å². The summed E-state index contributed by atoms with van der Waals surface area (Å²) >= 11 is 3.34.